The molecule has 0 radical (unpaired) electrons. The molecule has 1 unspecified atom stereocenters. The van der Waals surface area contributed by atoms with Crippen LogP contribution in [0.25, 0.3) is 0 Å². The van der Waals surface area contributed by atoms with E-state index in [0.29, 0.717) is 6.42 Å². The van der Waals surface area contributed by atoms with Crippen LogP contribution in [0.1, 0.15) is 23.5 Å². The highest BCUT2D eigenvalue weighted by Gasteiger charge is 2.22. The summed E-state index contributed by atoms with van der Waals surface area (Å²) in [6.07, 6.45) is 1.49. The lowest BCUT2D eigenvalue weighted by atomic mass is 9.89. The second-order valence-electron chi connectivity index (χ2n) is 6.13. The molecule has 1 heterocycles. The topological polar surface area (TPSA) is 32.3 Å². The van der Waals surface area contributed by atoms with Gasteiger partial charge in [0.1, 0.15) is 0 Å². The predicted octanol–water partition coefficient (Wildman–Crippen LogP) is 3.26. The summed E-state index contributed by atoms with van der Waals surface area (Å²) in [5.41, 5.74) is 2.54. The fraction of sp³-hybridized carbons (Fsp3) is 0.350. The first kappa shape index (κ1) is 18.5. The third-order valence-corrected chi connectivity index (χ3v) is 4.49. The van der Waals surface area contributed by atoms with Gasteiger partial charge in [0.25, 0.3) is 0 Å². The van der Waals surface area contributed by atoms with Gasteiger partial charge in [-0.05, 0) is 23.5 Å². The summed E-state index contributed by atoms with van der Waals surface area (Å²) in [5, 5.41) is 3.30. The molecular weight excluding hydrogens is 320 g/mol. The van der Waals surface area contributed by atoms with Crippen LogP contribution in [0, 0.1) is 0 Å². The zero-order chi connectivity index (χ0) is 15.9. The number of amides is 1. The van der Waals surface area contributed by atoms with Crippen molar-refractivity contribution in [3.05, 3.63) is 71.8 Å². The summed E-state index contributed by atoms with van der Waals surface area (Å²) in [6, 6.07) is 20.9. The van der Waals surface area contributed by atoms with E-state index in [0.717, 1.165) is 32.6 Å². The summed E-state index contributed by atoms with van der Waals surface area (Å²) in [5.74, 6) is 0.511. The van der Waals surface area contributed by atoms with E-state index in [9.17, 15) is 4.79 Å². The van der Waals surface area contributed by atoms with Crippen LogP contribution in [0.2, 0.25) is 0 Å². The molecule has 3 nitrogen and oxygen atoms in total. The first-order chi connectivity index (χ1) is 11.3. The van der Waals surface area contributed by atoms with Crippen LogP contribution < -0.4 is 5.32 Å². The molecule has 1 atom stereocenters. The van der Waals surface area contributed by atoms with Crippen LogP contribution in [-0.4, -0.2) is 37.0 Å². The summed E-state index contributed by atoms with van der Waals surface area (Å²) in [7, 11) is 0. The van der Waals surface area contributed by atoms with E-state index in [-0.39, 0.29) is 24.2 Å². The molecule has 0 aliphatic carbocycles. The van der Waals surface area contributed by atoms with Crippen molar-refractivity contribution in [1.82, 2.24) is 10.2 Å². The normalized spacial score (nSPS) is 15.4. The molecule has 1 aliphatic rings. The molecule has 128 valence electrons. The Bertz CT molecular complexity index is 612. The van der Waals surface area contributed by atoms with E-state index >= 15 is 0 Å². The fourth-order valence-corrected chi connectivity index (χ4v) is 3.19. The molecule has 2 aromatic rings. The van der Waals surface area contributed by atoms with Crippen LogP contribution >= 0.6 is 12.4 Å². The lowest BCUT2D eigenvalue weighted by molar-refractivity contribution is -0.132. The number of rotatable bonds is 5. The Balaban J connectivity index is 0.00000208. The van der Waals surface area contributed by atoms with Crippen molar-refractivity contribution in [1.29, 1.82) is 0 Å². The Labute approximate surface area is 150 Å². The molecule has 1 N–H and O–H groups in total. The van der Waals surface area contributed by atoms with Crippen molar-refractivity contribution in [3.8, 4) is 0 Å². The summed E-state index contributed by atoms with van der Waals surface area (Å²) in [4.78, 5) is 14.7. The van der Waals surface area contributed by atoms with E-state index in [2.05, 4.69) is 53.8 Å². The Morgan fingerprint density at radius 2 is 1.54 bits per heavy atom. The molecule has 1 aliphatic heterocycles. The maximum Gasteiger partial charge on any atom is 0.223 e. The van der Waals surface area contributed by atoms with Gasteiger partial charge in [-0.25, -0.2) is 0 Å². The lowest BCUT2D eigenvalue weighted by Gasteiger charge is -2.29. The van der Waals surface area contributed by atoms with Crippen molar-refractivity contribution in [3.63, 3.8) is 0 Å². The zero-order valence-corrected chi connectivity index (χ0v) is 14.7. The highest BCUT2D eigenvalue weighted by Crippen LogP contribution is 2.25. The number of hydrogen-bond acceptors (Lipinski definition) is 2. The smallest absolute Gasteiger partial charge is 0.223 e. The second-order valence-corrected chi connectivity index (χ2v) is 6.13. The predicted molar refractivity (Wildman–Crippen MR) is 101 cm³/mol. The standard InChI is InChI=1S/C20H24N2O.ClH/c23-20(22-13-11-21-12-14-22)16-19(18-9-5-2-6-10-18)15-17-7-3-1-4-8-17;/h1-10,19,21H,11-16H2;1H. The van der Waals surface area contributed by atoms with E-state index < -0.39 is 0 Å². The van der Waals surface area contributed by atoms with Crippen molar-refractivity contribution in [2.75, 3.05) is 26.2 Å². The Hall–Kier alpha value is -1.84. The van der Waals surface area contributed by atoms with E-state index in [1.54, 1.807) is 0 Å². The number of carbonyl (C=O) groups excluding carboxylic acids is 1. The molecule has 0 spiro atoms. The highest BCUT2D eigenvalue weighted by molar-refractivity contribution is 5.85. The van der Waals surface area contributed by atoms with Crippen LogP contribution in [0.15, 0.2) is 60.7 Å². The van der Waals surface area contributed by atoms with E-state index in [1.165, 1.54) is 11.1 Å². The maximum atomic E-state index is 12.7. The van der Waals surface area contributed by atoms with Gasteiger partial charge in [0.2, 0.25) is 5.91 Å². The van der Waals surface area contributed by atoms with Gasteiger partial charge in [-0.3, -0.25) is 4.79 Å². The monoisotopic (exact) mass is 344 g/mol. The number of carbonyl (C=O) groups is 1. The van der Waals surface area contributed by atoms with E-state index in [4.69, 9.17) is 0 Å². The first-order valence-corrected chi connectivity index (χ1v) is 8.40. The van der Waals surface area contributed by atoms with Gasteiger partial charge in [-0.15, -0.1) is 12.4 Å². The molecule has 2 aromatic carbocycles. The third kappa shape index (κ3) is 5.08. The molecule has 0 aromatic heterocycles. The molecule has 1 amide bonds. The van der Waals surface area contributed by atoms with Gasteiger partial charge in [-0.2, -0.15) is 0 Å². The maximum absolute atomic E-state index is 12.7. The van der Waals surface area contributed by atoms with Crippen LogP contribution in [0.4, 0.5) is 0 Å². The van der Waals surface area contributed by atoms with Gasteiger partial charge >= 0.3 is 0 Å². The quantitative estimate of drug-likeness (QED) is 0.903. The average Bonchev–Trinajstić information content (AvgIpc) is 2.63. The van der Waals surface area contributed by atoms with Crippen LogP contribution in [0.5, 0.6) is 0 Å². The summed E-state index contributed by atoms with van der Waals surface area (Å²) in [6.45, 7) is 3.46. The first-order valence-electron chi connectivity index (χ1n) is 8.40. The van der Waals surface area contributed by atoms with Crippen molar-refractivity contribution in [2.45, 2.75) is 18.8 Å². The van der Waals surface area contributed by atoms with Gasteiger partial charge < -0.3 is 10.2 Å². The molecular formula is C20H25ClN2O. The fourth-order valence-electron chi connectivity index (χ4n) is 3.19. The molecule has 24 heavy (non-hydrogen) atoms. The average molecular weight is 345 g/mol. The number of benzene rings is 2. The number of nitrogens with zero attached hydrogens (tertiary/aromatic N) is 1. The minimum Gasteiger partial charge on any atom is -0.340 e. The van der Waals surface area contributed by atoms with Crippen LogP contribution in [-0.2, 0) is 11.2 Å². The van der Waals surface area contributed by atoms with Crippen molar-refractivity contribution in [2.24, 2.45) is 0 Å². The van der Waals surface area contributed by atoms with Crippen molar-refractivity contribution >= 4 is 18.3 Å². The second kappa shape index (κ2) is 9.45. The molecule has 3 rings (SSSR count). The van der Waals surface area contributed by atoms with Gasteiger partial charge in [0.15, 0.2) is 0 Å². The minimum atomic E-state index is 0. The Kier molecular flexibility index (Phi) is 7.29. The molecule has 0 saturated carbocycles. The van der Waals surface area contributed by atoms with Crippen molar-refractivity contribution < 1.29 is 4.79 Å². The number of hydrogen-bond donors (Lipinski definition) is 1. The Morgan fingerprint density at radius 1 is 0.958 bits per heavy atom. The summed E-state index contributed by atoms with van der Waals surface area (Å²) < 4.78 is 0. The summed E-state index contributed by atoms with van der Waals surface area (Å²) >= 11 is 0. The molecule has 4 heteroatoms. The molecule has 1 saturated heterocycles. The largest absolute Gasteiger partial charge is 0.340 e. The third-order valence-electron chi connectivity index (χ3n) is 4.49. The zero-order valence-electron chi connectivity index (χ0n) is 13.9. The van der Waals surface area contributed by atoms with Gasteiger partial charge in [-0.1, -0.05) is 60.7 Å². The van der Waals surface area contributed by atoms with Crippen LogP contribution in [0.3, 0.4) is 0 Å². The lowest BCUT2D eigenvalue weighted by Crippen LogP contribution is -2.46. The Morgan fingerprint density at radius 3 is 2.17 bits per heavy atom. The SMILES string of the molecule is Cl.O=C(CC(Cc1ccccc1)c1ccccc1)N1CCNCC1. The molecule has 1 fully saturated rings. The number of halogens is 1. The van der Waals surface area contributed by atoms with E-state index in [1.807, 2.05) is 17.0 Å². The number of piperazine rings is 1. The number of nitrogens with one attached hydrogen (secondary N) is 1. The molecule has 0 bridgehead atoms. The van der Waals surface area contributed by atoms with Gasteiger partial charge in [0, 0.05) is 32.6 Å². The minimum absolute atomic E-state index is 0. The van der Waals surface area contributed by atoms with Gasteiger partial charge in [0.05, 0.1) is 0 Å². The highest BCUT2D eigenvalue weighted by atomic mass is 35.5.